The van der Waals surface area contributed by atoms with Crippen molar-refractivity contribution in [2.45, 2.75) is 19.6 Å². The van der Waals surface area contributed by atoms with Crippen LogP contribution in [0.3, 0.4) is 0 Å². The number of nitrogens with zero attached hydrogens (tertiary/aromatic N) is 2. The van der Waals surface area contributed by atoms with Crippen molar-refractivity contribution in [3.8, 4) is 6.07 Å². The second-order valence-electron chi connectivity index (χ2n) is 5.42. The predicted molar refractivity (Wildman–Crippen MR) is 92.8 cm³/mol. The van der Waals surface area contributed by atoms with Gasteiger partial charge in [-0.25, -0.2) is 0 Å². The maximum atomic E-state index is 8.91. The minimum absolute atomic E-state index is 0. The van der Waals surface area contributed by atoms with Crippen LogP contribution in [0.4, 0.5) is 0 Å². The monoisotopic (exact) mass is 315 g/mol. The summed E-state index contributed by atoms with van der Waals surface area (Å²) in [5.41, 5.74) is 4.52. The quantitative estimate of drug-likeness (QED) is 0.888. The van der Waals surface area contributed by atoms with E-state index in [9.17, 15) is 0 Å². The van der Waals surface area contributed by atoms with Crippen LogP contribution in [-0.2, 0) is 19.6 Å². The molecule has 0 aliphatic rings. The van der Waals surface area contributed by atoms with Crippen molar-refractivity contribution in [3.63, 3.8) is 0 Å². The summed E-state index contributed by atoms with van der Waals surface area (Å²) in [7, 11) is 4.16. The molecule has 0 aromatic heterocycles. The molecule has 4 heteroatoms. The van der Waals surface area contributed by atoms with Gasteiger partial charge in [-0.2, -0.15) is 5.26 Å². The van der Waals surface area contributed by atoms with E-state index in [1.54, 1.807) is 0 Å². The van der Waals surface area contributed by atoms with Gasteiger partial charge in [-0.15, -0.1) is 12.4 Å². The summed E-state index contributed by atoms with van der Waals surface area (Å²) in [5.74, 6) is 0. The number of hydrogen-bond donors (Lipinski definition) is 1. The molecule has 0 bridgehead atoms. The molecule has 3 nitrogen and oxygen atoms in total. The first-order valence-corrected chi connectivity index (χ1v) is 7.10. The van der Waals surface area contributed by atoms with E-state index in [1.807, 2.05) is 24.3 Å². The molecule has 0 aliphatic heterocycles. The third-order valence-corrected chi connectivity index (χ3v) is 3.31. The third kappa shape index (κ3) is 5.50. The van der Waals surface area contributed by atoms with Crippen LogP contribution < -0.4 is 5.32 Å². The average Bonchev–Trinajstić information content (AvgIpc) is 2.49. The lowest BCUT2D eigenvalue weighted by Gasteiger charge is -2.14. The number of nitriles is 1. The van der Waals surface area contributed by atoms with E-state index in [-0.39, 0.29) is 12.4 Å². The number of halogens is 1. The summed E-state index contributed by atoms with van der Waals surface area (Å²) >= 11 is 0. The van der Waals surface area contributed by atoms with E-state index in [2.05, 4.69) is 54.6 Å². The summed E-state index contributed by atoms with van der Waals surface area (Å²) in [6.45, 7) is 2.55. The molecule has 2 aromatic rings. The summed E-state index contributed by atoms with van der Waals surface area (Å²) in [5, 5.41) is 12.4. The first kappa shape index (κ1) is 18.2. The minimum atomic E-state index is 0. The molecule has 0 saturated carbocycles. The molecule has 0 fully saturated rings. The Kier molecular flexibility index (Phi) is 7.62. The van der Waals surface area contributed by atoms with Gasteiger partial charge in [0.05, 0.1) is 11.6 Å². The highest BCUT2D eigenvalue weighted by molar-refractivity contribution is 5.85. The van der Waals surface area contributed by atoms with Crippen molar-refractivity contribution in [3.05, 3.63) is 70.8 Å². The second-order valence-corrected chi connectivity index (χ2v) is 5.42. The van der Waals surface area contributed by atoms with E-state index in [4.69, 9.17) is 5.26 Å². The third-order valence-electron chi connectivity index (χ3n) is 3.31. The Morgan fingerprint density at radius 2 is 1.73 bits per heavy atom. The number of hydrogen-bond acceptors (Lipinski definition) is 3. The normalized spacial score (nSPS) is 10.1. The highest BCUT2D eigenvalue weighted by Gasteiger charge is 2.03. The van der Waals surface area contributed by atoms with Gasteiger partial charge in [-0.05, 0) is 42.9 Å². The fraction of sp³-hybridized carbons (Fsp3) is 0.278. The standard InChI is InChI=1S/C18H21N3.ClH/c1-21(2)14-18-9-4-3-8-17(18)13-20-12-16-7-5-6-15(10-16)11-19;/h3-10,20H,12-14H2,1-2H3;1H. The van der Waals surface area contributed by atoms with Crippen LogP contribution in [0.25, 0.3) is 0 Å². The van der Waals surface area contributed by atoms with Crippen LogP contribution in [0.2, 0.25) is 0 Å². The van der Waals surface area contributed by atoms with E-state index >= 15 is 0 Å². The first-order chi connectivity index (χ1) is 10.2. The minimum Gasteiger partial charge on any atom is -0.309 e. The Morgan fingerprint density at radius 1 is 1.00 bits per heavy atom. The number of nitrogens with one attached hydrogen (secondary N) is 1. The molecule has 0 aliphatic carbocycles. The van der Waals surface area contributed by atoms with Gasteiger partial charge < -0.3 is 10.2 Å². The van der Waals surface area contributed by atoms with Gasteiger partial charge in [0.15, 0.2) is 0 Å². The largest absolute Gasteiger partial charge is 0.309 e. The van der Waals surface area contributed by atoms with Crippen LogP contribution in [0, 0.1) is 11.3 Å². The molecule has 22 heavy (non-hydrogen) atoms. The van der Waals surface area contributed by atoms with Crippen molar-refractivity contribution in [2.75, 3.05) is 14.1 Å². The molecule has 0 unspecified atom stereocenters. The summed E-state index contributed by atoms with van der Waals surface area (Å²) in [4.78, 5) is 2.18. The van der Waals surface area contributed by atoms with Gasteiger partial charge in [0.2, 0.25) is 0 Å². The van der Waals surface area contributed by atoms with Crippen LogP contribution in [-0.4, -0.2) is 19.0 Å². The topological polar surface area (TPSA) is 39.1 Å². The number of benzene rings is 2. The molecule has 0 heterocycles. The molecule has 2 aromatic carbocycles. The molecule has 0 spiro atoms. The van der Waals surface area contributed by atoms with Crippen molar-refractivity contribution in [1.29, 1.82) is 5.26 Å². The summed E-state index contributed by atoms with van der Waals surface area (Å²) < 4.78 is 0. The lowest BCUT2D eigenvalue weighted by atomic mass is 10.1. The van der Waals surface area contributed by atoms with E-state index < -0.39 is 0 Å². The van der Waals surface area contributed by atoms with E-state index in [0.717, 1.165) is 25.2 Å². The molecule has 0 radical (unpaired) electrons. The summed E-state index contributed by atoms with van der Waals surface area (Å²) in [6.07, 6.45) is 0. The Morgan fingerprint density at radius 3 is 2.41 bits per heavy atom. The molecule has 0 atom stereocenters. The van der Waals surface area contributed by atoms with Gasteiger partial charge in [0.25, 0.3) is 0 Å². The fourth-order valence-corrected chi connectivity index (χ4v) is 2.32. The maximum Gasteiger partial charge on any atom is 0.0991 e. The van der Waals surface area contributed by atoms with Crippen molar-refractivity contribution in [1.82, 2.24) is 10.2 Å². The Labute approximate surface area is 139 Å². The SMILES string of the molecule is CN(C)Cc1ccccc1CNCc1cccc(C#N)c1.Cl. The lowest BCUT2D eigenvalue weighted by molar-refractivity contribution is 0.400. The smallest absolute Gasteiger partial charge is 0.0991 e. The highest BCUT2D eigenvalue weighted by atomic mass is 35.5. The maximum absolute atomic E-state index is 8.91. The average molecular weight is 316 g/mol. The Hall–Kier alpha value is -1.86. The van der Waals surface area contributed by atoms with Gasteiger partial charge in [-0.1, -0.05) is 36.4 Å². The Balaban J connectivity index is 0.00000242. The van der Waals surface area contributed by atoms with Gasteiger partial charge in [0.1, 0.15) is 0 Å². The zero-order chi connectivity index (χ0) is 15.1. The molecular formula is C18H22ClN3. The first-order valence-electron chi connectivity index (χ1n) is 7.10. The predicted octanol–water partition coefficient (Wildman–Crippen LogP) is 3.33. The Bertz CT molecular complexity index is 632. The molecular weight excluding hydrogens is 294 g/mol. The van der Waals surface area contributed by atoms with Crippen molar-refractivity contribution in [2.24, 2.45) is 0 Å². The van der Waals surface area contributed by atoms with Gasteiger partial charge >= 0.3 is 0 Å². The van der Waals surface area contributed by atoms with Gasteiger partial charge in [0, 0.05) is 19.6 Å². The summed E-state index contributed by atoms with van der Waals surface area (Å²) in [6, 6.07) is 18.4. The molecule has 0 saturated heterocycles. The van der Waals surface area contributed by atoms with Crippen LogP contribution in [0.15, 0.2) is 48.5 Å². The molecule has 1 N–H and O–H groups in total. The molecule has 116 valence electrons. The van der Waals surface area contributed by atoms with E-state index in [1.165, 1.54) is 11.1 Å². The number of rotatable bonds is 6. The lowest BCUT2D eigenvalue weighted by Crippen LogP contribution is -2.17. The highest BCUT2D eigenvalue weighted by Crippen LogP contribution is 2.11. The van der Waals surface area contributed by atoms with Crippen molar-refractivity contribution < 1.29 is 0 Å². The van der Waals surface area contributed by atoms with Crippen LogP contribution >= 0.6 is 12.4 Å². The molecule has 0 amide bonds. The molecule has 2 rings (SSSR count). The zero-order valence-electron chi connectivity index (χ0n) is 13.0. The van der Waals surface area contributed by atoms with Crippen molar-refractivity contribution >= 4 is 12.4 Å². The van der Waals surface area contributed by atoms with Crippen LogP contribution in [0.1, 0.15) is 22.3 Å². The van der Waals surface area contributed by atoms with Crippen LogP contribution in [0.5, 0.6) is 0 Å². The fourth-order valence-electron chi connectivity index (χ4n) is 2.32. The van der Waals surface area contributed by atoms with E-state index in [0.29, 0.717) is 5.56 Å². The zero-order valence-corrected chi connectivity index (χ0v) is 13.9. The second kappa shape index (κ2) is 9.22. The van der Waals surface area contributed by atoms with Gasteiger partial charge in [-0.3, -0.25) is 0 Å².